The number of hydrogen-bond acceptors (Lipinski definition) is 6. The Morgan fingerprint density at radius 3 is 1.97 bits per heavy atom. The Balaban J connectivity index is 0.000000606. The van der Waals surface area contributed by atoms with Crippen molar-refractivity contribution in [3.05, 3.63) is 70.4 Å². The number of phenolic OH excluding ortho intramolecular Hbond substituents is 2. The van der Waals surface area contributed by atoms with E-state index in [1.165, 1.54) is 24.3 Å². The molecule has 0 fully saturated rings. The third kappa shape index (κ3) is 3.09. The molecule has 1 aliphatic carbocycles. The predicted molar refractivity (Wildman–Crippen MR) is 114 cm³/mol. The fourth-order valence-corrected chi connectivity index (χ4v) is 4.02. The van der Waals surface area contributed by atoms with Crippen LogP contribution in [0.15, 0.2) is 59.3 Å². The van der Waals surface area contributed by atoms with Crippen LogP contribution in [-0.4, -0.2) is 16.2 Å². The fraction of sp³-hybridized carbons (Fsp3) is 0.292. The van der Waals surface area contributed by atoms with Gasteiger partial charge in [0.15, 0.2) is 5.60 Å². The number of esters is 1. The number of hydrogen-bond donors (Lipinski definition) is 3. The van der Waals surface area contributed by atoms with E-state index in [9.17, 15) is 15.0 Å². The molecule has 0 radical (unpaired) electrons. The van der Waals surface area contributed by atoms with E-state index in [0.29, 0.717) is 46.7 Å². The molecule has 0 amide bonds. The van der Waals surface area contributed by atoms with Gasteiger partial charge in [0.2, 0.25) is 0 Å². The van der Waals surface area contributed by atoms with Crippen molar-refractivity contribution in [2.45, 2.75) is 46.1 Å². The normalized spacial score (nSPS) is 17.1. The monoisotopic (exact) mass is 409 g/mol. The first kappa shape index (κ1) is 21.3. The van der Waals surface area contributed by atoms with Crippen LogP contribution in [0.1, 0.15) is 51.7 Å². The molecule has 2 aromatic carbocycles. The van der Waals surface area contributed by atoms with Gasteiger partial charge in [-0.2, -0.15) is 0 Å². The van der Waals surface area contributed by atoms with Gasteiger partial charge in [-0.1, -0.05) is 27.7 Å². The van der Waals surface area contributed by atoms with Crippen molar-refractivity contribution in [1.29, 1.82) is 0 Å². The summed E-state index contributed by atoms with van der Waals surface area (Å²) >= 11 is 0. The van der Waals surface area contributed by atoms with Crippen LogP contribution in [-0.2, 0) is 15.1 Å². The van der Waals surface area contributed by atoms with Crippen LogP contribution < -0.4 is 10.5 Å². The predicted octanol–water partition coefficient (Wildman–Crippen LogP) is 4.99. The molecule has 4 N–H and O–H groups in total. The summed E-state index contributed by atoms with van der Waals surface area (Å²) in [6.45, 7) is 8.00. The number of aromatic hydroxyl groups is 2. The lowest BCUT2D eigenvalue weighted by Crippen LogP contribution is -2.34. The summed E-state index contributed by atoms with van der Waals surface area (Å²) < 4.78 is 11.8. The molecule has 158 valence electrons. The van der Waals surface area contributed by atoms with Crippen LogP contribution in [0.2, 0.25) is 0 Å². The van der Waals surface area contributed by atoms with Gasteiger partial charge < -0.3 is 25.4 Å². The zero-order chi connectivity index (χ0) is 22.1. The number of allylic oxidation sites excluding steroid dienone is 1. The van der Waals surface area contributed by atoms with Crippen molar-refractivity contribution in [2.75, 3.05) is 0 Å². The molecule has 0 atom stereocenters. The summed E-state index contributed by atoms with van der Waals surface area (Å²) in [7, 11) is 0. The number of nitrogens with two attached hydrogens (primary N) is 1. The minimum absolute atomic E-state index is 0.0359. The maximum absolute atomic E-state index is 12.7. The minimum atomic E-state index is -1.14. The highest BCUT2D eigenvalue weighted by Crippen LogP contribution is 2.58. The van der Waals surface area contributed by atoms with Crippen LogP contribution in [0.3, 0.4) is 0 Å². The quantitative estimate of drug-likeness (QED) is 0.530. The summed E-state index contributed by atoms with van der Waals surface area (Å²) in [5.74, 6) is 0.393. The Bertz CT molecular complexity index is 1000. The van der Waals surface area contributed by atoms with Crippen molar-refractivity contribution in [1.82, 2.24) is 0 Å². The van der Waals surface area contributed by atoms with Crippen molar-refractivity contribution in [3.63, 3.8) is 0 Å². The third-order valence-corrected chi connectivity index (χ3v) is 5.12. The number of benzene rings is 2. The van der Waals surface area contributed by atoms with Gasteiger partial charge in [0.25, 0.3) is 0 Å². The molecule has 2 heterocycles. The Hall–Kier alpha value is -3.41. The summed E-state index contributed by atoms with van der Waals surface area (Å²) in [5, 5.41) is 19.7. The number of rotatable bonds is 0. The number of fused-ring (bicyclic) bond motifs is 5. The number of ether oxygens (including phenoxy) is 2. The standard InChI is InChI=1S/C20H15NO5.2C2H6/c21-10-1-4-14-13(7-10)19(24)26-20(14)15-5-2-11(22)8-17(15)25-18-9-12(23)3-6-16(18)20;2*1-2/h2-3,5-9,22-23H,1,4,21H2;2*1-2H3. The van der Waals surface area contributed by atoms with E-state index in [1.807, 2.05) is 27.7 Å². The molecule has 5 rings (SSSR count). The molecule has 0 bridgehead atoms. The van der Waals surface area contributed by atoms with E-state index in [0.717, 1.165) is 5.57 Å². The van der Waals surface area contributed by atoms with Crippen molar-refractivity contribution < 1.29 is 24.5 Å². The van der Waals surface area contributed by atoms with E-state index in [2.05, 4.69) is 0 Å². The van der Waals surface area contributed by atoms with Crippen molar-refractivity contribution in [2.24, 2.45) is 5.73 Å². The summed E-state index contributed by atoms with van der Waals surface area (Å²) in [6.07, 6.45) is 2.87. The van der Waals surface area contributed by atoms with Gasteiger partial charge in [-0.25, -0.2) is 4.79 Å². The molecular weight excluding hydrogens is 382 g/mol. The van der Waals surface area contributed by atoms with Crippen LogP contribution in [0.25, 0.3) is 0 Å². The lowest BCUT2D eigenvalue weighted by molar-refractivity contribution is -0.145. The number of carbonyl (C=O) groups is 1. The summed E-state index contributed by atoms with van der Waals surface area (Å²) in [6, 6.07) is 9.42. The molecule has 0 saturated carbocycles. The maximum Gasteiger partial charge on any atom is 0.339 e. The van der Waals surface area contributed by atoms with Crippen molar-refractivity contribution in [3.8, 4) is 23.0 Å². The van der Waals surface area contributed by atoms with Gasteiger partial charge in [0.05, 0.1) is 5.57 Å². The van der Waals surface area contributed by atoms with Gasteiger partial charge in [-0.3, -0.25) is 0 Å². The second-order valence-corrected chi connectivity index (χ2v) is 6.65. The number of phenols is 2. The molecule has 2 aromatic rings. The van der Waals surface area contributed by atoms with Gasteiger partial charge in [-0.15, -0.1) is 0 Å². The van der Waals surface area contributed by atoms with E-state index in [-0.39, 0.29) is 11.5 Å². The van der Waals surface area contributed by atoms with Crippen LogP contribution >= 0.6 is 0 Å². The average Bonchev–Trinajstić information content (AvgIpc) is 3.03. The first-order chi connectivity index (χ1) is 14.5. The second kappa shape index (κ2) is 8.14. The zero-order valence-electron chi connectivity index (χ0n) is 17.7. The smallest absolute Gasteiger partial charge is 0.339 e. The van der Waals surface area contributed by atoms with Gasteiger partial charge in [-0.05, 0) is 48.8 Å². The van der Waals surface area contributed by atoms with E-state index in [4.69, 9.17) is 15.2 Å². The van der Waals surface area contributed by atoms with Gasteiger partial charge in [0.1, 0.15) is 23.0 Å². The molecule has 1 spiro atoms. The van der Waals surface area contributed by atoms with Crippen molar-refractivity contribution >= 4 is 5.97 Å². The maximum atomic E-state index is 12.7. The lowest BCUT2D eigenvalue weighted by atomic mass is 9.74. The molecule has 0 unspecified atom stereocenters. The SMILES string of the molecule is CC.CC.NC1=CC2=C(CC1)C1(OC2=O)c2ccc(O)cc2Oc2cc(O)ccc21. The highest BCUT2D eigenvalue weighted by atomic mass is 16.6. The topological polar surface area (TPSA) is 102 Å². The number of carbonyl (C=O) groups excluding carboxylic acids is 1. The third-order valence-electron chi connectivity index (χ3n) is 5.12. The molecule has 30 heavy (non-hydrogen) atoms. The highest BCUT2D eigenvalue weighted by molar-refractivity contribution is 5.98. The molecule has 0 aromatic heterocycles. The molecule has 3 aliphatic rings. The van der Waals surface area contributed by atoms with E-state index in [1.54, 1.807) is 18.2 Å². The van der Waals surface area contributed by atoms with Gasteiger partial charge >= 0.3 is 5.97 Å². The first-order valence-electron chi connectivity index (χ1n) is 10.3. The zero-order valence-corrected chi connectivity index (χ0v) is 17.7. The first-order valence-corrected chi connectivity index (χ1v) is 10.3. The Kier molecular flexibility index (Phi) is 5.78. The molecular formula is C24H27NO5. The molecule has 2 aliphatic heterocycles. The fourth-order valence-electron chi connectivity index (χ4n) is 4.02. The molecule has 6 heteroatoms. The summed E-state index contributed by atoms with van der Waals surface area (Å²) in [5.41, 5.74) is 7.99. The van der Waals surface area contributed by atoms with E-state index >= 15 is 0 Å². The molecule has 0 saturated heterocycles. The minimum Gasteiger partial charge on any atom is -0.508 e. The average molecular weight is 409 g/mol. The van der Waals surface area contributed by atoms with Crippen LogP contribution in [0.4, 0.5) is 0 Å². The summed E-state index contributed by atoms with van der Waals surface area (Å²) in [4.78, 5) is 12.7. The van der Waals surface area contributed by atoms with Crippen LogP contribution in [0.5, 0.6) is 23.0 Å². The highest BCUT2D eigenvalue weighted by Gasteiger charge is 2.54. The Morgan fingerprint density at radius 1 is 0.900 bits per heavy atom. The Labute approximate surface area is 176 Å². The Morgan fingerprint density at radius 2 is 1.43 bits per heavy atom. The van der Waals surface area contributed by atoms with Gasteiger partial charge in [0, 0.05) is 29.0 Å². The van der Waals surface area contributed by atoms with Crippen LogP contribution in [0, 0.1) is 0 Å². The van der Waals surface area contributed by atoms with E-state index < -0.39 is 11.6 Å². The lowest BCUT2D eigenvalue weighted by Gasteiger charge is -2.38. The largest absolute Gasteiger partial charge is 0.508 e. The second-order valence-electron chi connectivity index (χ2n) is 6.65. The molecule has 6 nitrogen and oxygen atoms in total.